The summed E-state index contributed by atoms with van der Waals surface area (Å²) < 4.78 is 3.83. The molecule has 4 nitrogen and oxygen atoms in total. The first kappa shape index (κ1) is 43.7. The Bertz CT molecular complexity index is 3680. The van der Waals surface area contributed by atoms with E-state index in [-0.39, 0.29) is 23.1 Å². The van der Waals surface area contributed by atoms with Crippen LogP contribution in [0.25, 0.3) is 49.2 Å². The number of hydrogen-bond acceptors (Lipinski definition) is 4. The zero-order valence-corrected chi connectivity index (χ0v) is 41.6. The van der Waals surface area contributed by atoms with Crippen LogP contribution in [0.2, 0.25) is 0 Å². The van der Waals surface area contributed by atoms with Crippen molar-refractivity contribution in [3.8, 4) is 16.2 Å². The summed E-state index contributed by atoms with van der Waals surface area (Å²) in [5, 5.41) is 10.7. The molecule has 2 atom stereocenters. The number of fused-ring (bicyclic) bond motifs is 2. The van der Waals surface area contributed by atoms with Gasteiger partial charge in [-0.2, -0.15) is 0 Å². The van der Waals surface area contributed by atoms with Crippen LogP contribution in [-0.2, 0) is 17.9 Å². The first-order chi connectivity index (χ1) is 33.1. The van der Waals surface area contributed by atoms with Gasteiger partial charge in [-0.05, 0) is 13.8 Å². The number of ketones is 4. The standard InChI is InChI=1S/C62H45O4P.Os/c1-6-18-42-34-51-55-49(59(63)36(3)61(51)65)32-30-48-54-43(35-52-56-50(60(64)37(4)62(52)66)31-29-47(58(54)56)53(42)57(48)55)28-27-40(33-41-20-17-19-39(41)7-2)38(5)67(44-21-11-8-12-22-44,45-23-13-9-14-24-45)46-25-15-10-16-26-46;/h6-16,18,21-26,29-37H,17,19-20H2,1-4H3;/q+1;/b18-6+,39-7?,40-38?,41-33?;. The molecule has 8 aromatic rings. The molecule has 0 spiro atoms. The van der Waals surface area contributed by atoms with Crippen LogP contribution in [0.4, 0.5) is 0 Å². The van der Waals surface area contributed by atoms with Gasteiger partial charge in [0, 0.05) is 0 Å². The second-order valence-corrected chi connectivity index (χ2v) is 22.0. The number of Topliss-reactive ketones (excluding diaryl/α,β-unsaturated/α-hetero) is 4. The maximum absolute atomic E-state index is 14.5. The summed E-state index contributed by atoms with van der Waals surface area (Å²) in [6.45, 7) is 7.44. The molecule has 3 aliphatic carbocycles. The van der Waals surface area contributed by atoms with Crippen molar-refractivity contribution in [2.75, 3.05) is 0 Å². The molecule has 0 bridgehead atoms. The van der Waals surface area contributed by atoms with Gasteiger partial charge in [-0.1, -0.05) is 6.08 Å². The average molecular weight is 1080 g/mol. The fourth-order valence-electron chi connectivity index (χ4n) is 11.4. The monoisotopic (exact) mass is 1080 g/mol. The first-order valence-corrected chi connectivity index (χ1v) is 26.3. The average Bonchev–Trinajstić information content (AvgIpc) is 3.84. The van der Waals surface area contributed by atoms with Gasteiger partial charge in [0.05, 0.1) is 5.92 Å². The Morgan fingerprint density at radius 1 is 0.574 bits per heavy atom. The molecule has 0 amide bonds. The quantitative estimate of drug-likeness (QED) is 0.0547. The Hall–Kier alpha value is -6.89. The summed E-state index contributed by atoms with van der Waals surface area (Å²) in [5.41, 5.74) is 6.91. The first-order valence-electron chi connectivity index (χ1n) is 23.3. The van der Waals surface area contributed by atoms with E-state index >= 15 is 0 Å². The SMILES string of the molecule is CC=C1CCCC1=CC(C#Cc1cc2c3c(ccc4c5c(/C=C/C)cc6c7c(ccc(c1c34)c75)C(=O)C(C)C6=O)C(=O)C(C)C2=O)=C([C]#[Os])[P+](c1ccccc1)(c1ccccc1)c1ccccc1. The zero-order chi connectivity index (χ0) is 47.0. The number of carbonyl (C=O) groups excluding carboxylic acids is 4. The van der Waals surface area contributed by atoms with Gasteiger partial charge in [-0.3, -0.25) is 9.59 Å². The molecule has 0 heterocycles. The van der Waals surface area contributed by atoms with E-state index in [4.69, 9.17) is 0 Å². The van der Waals surface area contributed by atoms with Crippen molar-refractivity contribution in [3.05, 3.63) is 201 Å². The van der Waals surface area contributed by atoms with E-state index in [1.165, 1.54) is 27.1 Å². The van der Waals surface area contributed by atoms with Crippen LogP contribution in [0.3, 0.4) is 0 Å². The van der Waals surface area contributed by atoms with Crippen LogP contribution >= 0.6 is 7.26 Å². The Kier molecular flexibility index (Phi) is 10.9. The predicted molar refractivity (Wildman–Crippen MR) is 277 cm³/mol. The van der Waals surface area contributed by atoms with Gasteiger partial charge in [-0.15, -0.1) is 0 Å². The Morgan fingerprint density at radius 2 is 1.06 bits per heavy atom. The number of allylic oxidation sites excluding steroid dienone is 7. The van der Waals surface area contributed by atoms with Gasteiger partial charge >= 0.3 is 373 Å². The predicted octanol–water partition coefficient (Wildman–Crippen LogP) is 13.0. The Morgan fingerprint density at radius 3 is 1.57 bits per heavy atom. The second-order valence-electron chi connectivity index (χ2n) is 18.1. The van der Waals surface area contributed by atoms with Gasteiger partial charge in [0.25, 0.3) is 0 Å². The molecule has 0 N–H and O–H groups in total. The van der Waals surface area contributed by atoms with Gasteiger partial charge in [-0.25, -0.2) is 0 Å². The van der Waals surface area contributed by atoms with Crippen LogP contribution in [0.1, 0.15) is 99.5 Å². The normalized spacial score (nSPS) is 18.6. The molecule has 329 valence electrons. The topological polar surface area (TPSA) is 68.3 Å². The molecule has 6 heteroatoms. The van der Waals surface area contributed by atoms with E-state index in [2.05, 4.69) is 126 Å². The molecule has 0 aliphatic heterocycles. The van der Waals surface area contributed by atoms with E-state index in [1.807, 2.05) is 55.5 Å². The van der Waals surface area contributed by atoms with Crippen LogP contribution in [0.15, 0.2) is 168 Å². The number of rotatable bonds is 6. The number of benzene rings is 8. The van der Waals surface area contributed by atoms with Crippen molar-refractivity contribution >= 4 is 95.5 Å². The van der Waals surface area contributed by atoms with Crippen LogP contribution in [-0.4, -0.2) is 23.1 Å². The van der Waals surface area contributed by atoms with E-state index in [0.29, 0.717) is 38.6 Å². The van der Waals surface area contributed by atoms with Crippen molar-refractivity contribution in [3.63, 3.8) is 0 Å². The molecule has 1 saturated carbocycles. The van der Waals surface area contributed by atoms with Crippen molar-refractivity contribution in [1.82, 2.24) is 0 Å². The summed E-state index contributed by atoms with van der Waals surface area (Å²) >= 11 is 1.73. The third kappa shape index (κ3) is 6.36. The van der Waals surface area contributed by atoms with Gasteiger partial charge < -0.3 is 0 Å². The van der Waals surface area contributed by atoms with E-state index < -0.39 is 19.1 Å². The summed E-state index contributed by atoms with van der Waals surface area (Å²) in [7, 11) is -2.69. The van der Waals surface area contributed by atoms with Gasteiger partial charge in [0.2, 0.25) is 0 Å². The molecule has 2 unspecified atom stereocenters. The molecule has 11 rings (SSSR count). The third-order valence-corrected chi connectivity index (χ3v) is 19.9. The van der Waals surface area contributed by atoms with Crippen molar-refractivity contribution in [2.24, 2.45) is 11.8 Å². The summed E-state index contributed by atoms with van der Waals surface area (Å²) in [6.07, 6.45) is 11.4. The fourth-order valence-corrected chi connectivity index (χ4v) is 17.1. The number of hydrogen-bond donors (Lipinski definition) is 0. The zero-order valence-electron chi connectivity index (χ0n) is 38.1. The van der Waals surface area contributed by atoms with E-state index in [0.717, 1.165) is 68.0 Å². The van der Waals surface area contributed by atoms with Crippen molar-refractivity contribution in [1.29, 1.82) is 0 Å². The summed E-state index contributed by atoms with van der Waals surface area (Å²) in [6, 6.07) is 43.8. The summed E-state index contributed by atoms with van der Waals surface area (Å²) in [4.78, 5) is 56.8. The molecular formula is C62H45O4OsP+. The Labute approximate surface area is 406 Å². The summed E-state index contributed by atoms with van der Waals surface area (Å²) in [5.74, 6) is 5.09. The molecule has 68 heavy (non-hydrogen) atoms. The second kappa shape index (κ2) is 17.0. The molecule has 8 aromatic carbocycles. The molecule has 0 aromatic heterocycles. The minimum atomic E-state index is -2.69. The fraction of sp³-hybridized carbons (Fsp3) is 0.145. The molecule has 0 saturated heterocycles. The van der Waals surface area contributed by atoms with Crippen LogP contribution in [0.5, 0.6) is 0 Å². The van der Waals surface area contributed by atoms with Crippen LogP contribution < -0.4 is 15.9 Å². The van der Waals surface area contributed by atoms with Crippen molar-refractivity contribution < 1.29 is 37.1 Å². The molecule has 3 aliphatic rings. The molecule has 1 fully saturated rings. The van der Waals surface area contributed by atoms with Gasteiger partial charge in [0.1, 0.15) is 0 Å². The van der Waals surface area contributed by atoms with E-state index in [9.17, 15) is 19.2 Å². The maximum atomic E-state index is 14.5. The third-order valence-electron chi connectivity index (χ3n) is 14.5. The van der Waals surface area contributed by atoms with Gasteiger partial charge in [0.15, 0.2) is 0 Å². The van der Waals surface area contributed by atoms with E-state index in [1.54, 1.807) is 31.8 Å². The molecule has 0 radical (unpaired) electrons. The van der Waals surface area contributed by atoms with Crippen LogP contribution in [0, 0.1) is 28.0 Å². The minimum absolute atomic E-state index is 0.197. The number of carbonyl (C=O) groups is 4. The Balaban J connectivity index is 1.34. The molecular weight excluding hydrogens is 1030 g/mol. The van der Waals surface area contributed by atoms with Crippen molar-refractivity contribution in [2.45, 2.75) is 47.0 Å².